The molecule has 2 aromatic carbocycles. The number of hydrogen-bond donors (Lipinski definition) is 3. The summed E-state index contributed by atoms with van der Waals surface area (Å²) in [4.78, 5) is 30.4. The number of urea groups is 1. The van der Waals surface area contributed by atoms with Crippen LogP contribution in [-0.2, 0) is 6.42 Å². The second kappa shape index (κ2) is 9.08. The van der Waals surface area contributed by atoms with Crippen molar-refractivity contribution in [2.24, 2.45) is 0 Å². The van der Waals surface area contributed by atoms with E-state index in [1.807, 2.05) is 18.2 Å². The van der Waals surface area contributed by atoms with Gasteiger partial charge in [0.1, 0.15) is 5.82 Å². The number of carbonyl (C=O) groups excluding carboxylic acids is 1. The van der Waals surface area contributed by atoms with Crippen molar-refractivity contribution in [3.8, 4) is 0 Å². The zero-order chi connectivity index (χ0) is 22.0. The number of anilines is 1. The van der Waals surface area contributed by atoms with Crippen molar-refractivity contribution in [3.63, 3.8) is 0 Å². The number of aromatic amines is 1. The molecular weight excluding hydrogens is 421 g/mol. The molecule has 4 rings (SSSR count). The van der Waals surface area contributed by atoms with Crippen LogP contribution in [0.25, 0.3) is 10.8 Å². The zero-order valence-electron chi connectivity index (χ0n) is 16.8. The van der Waals surface area contributed by atoms with Gasteiger partial charge in [0.25, 0.3) is 5.56 Å². The van der Waals surface area contributed by atoms with E-state index in [0.29, 0.717) is 24.0 Å². The van der Waals surface area contributed by atoms with Crippen LogP contribution < -0.4 is 10.9 Å². The monoisotopic (exact) mass is 443 g/mol. The molecule has 162 valence electrons. The first kappa shape index (κ1) is 21.3. The molecule has 2 amide bonds. The summed E-state index contributed by atoms with van der Waals surface area (Å²) in [7, 11) is 0. The lowest BCUT2D eigenvalue weighted by molar-refractivity contribution is 0.169. The van der Waals surface area contributed by atoms with Gasteiger partial charge in [-0.1, -0.05) is 29.8 Å². The van der Waals surface area contributed by atoms with Gasteiger partial charge >= 0.3 is 6.03 Å². The highest BCUT2D eigenvalue weighted by Gasteiger charge is 2.31. The fraction of sp³-hybridized carbons (Fsp3) is 0.304. The van der Waals surface area contributed by atoms with Crippen LogP contribution in [0, 0.1) is 5.82 Å². The molecule has 31 heavy (non-hydrogen) atoms. The molecule has 0 fully saturated rings. The summed E-state index contributed by atoms with van der Waals surface area (Å²) in [6.07, 6.45) is 2.68. The number of pyridine rings is 1. The van der Waals surface area contributed by atoms with Gasteiger partial charge in [0.2, 0.25) is 0 Å². The molecule has 1 unspecified atom stereocenters. The summed E-state index contributed by atoms with van der Waals surface area (Å²) in [5.41, 5.74) is 2.02. The van der Waals surface area contributed by atoms with Crippen molar-refractivity contribution >= 4 is 34.1 Å². The molecule has 1 atom stereocenters. The van der Waals surface area contributed by atoms with E-state index < -0.39 is 5.82 Å². The summed E-state index contributed by atoms with van der Waals surface area (Å²) >= 11 is 5.85. The van der Waals surface area contributed by atoms with Crippen LogP contribution in [0.2, 0.25) is 5.02 Å². The number of H-pyrrole nitrogens is 1. The van der Waals surface area contributed by atoms with E-state index in [9.17, 15) is 19.1 Å². The minimum atomic E-state index is -0.562. The number of fused-ring (bicyclic) bond motifs is 3. The molecule has 1 aromatic heterocycles. The fourth-order valence-electron chi connectivity index (χ4n) is 4.27. The maximum absolute atomic E-state index is 13.5. The van der Waals surface area contributed by atoms with Crippen molar-refractivity contribution in [2.75, 3.05) is 18.5 Å². The Balaban J connectivity index is 1.74. The molecule has 1 aliphatic rings. The first-order chi connectivity index (χ1) is 15.0. The molecule has 3 aromatic rings. The van der Waals surface area contributed by atoms with Crippen LogP contribution in [-0.4, -0.2) is 34.2 Å². The first-order valence-electron chi connectivity index (χ1n) is 10.3. The van der Waals surface area contributed by atoms with E-state index in [2.05, 4.69) is 10.3 Å². The molecule has 1 heterocycles. The molecule has 8 heteroatoms. The number of halogens is 2. The Morgan fingerprint density at radius 1 is 1.26 bits per heavy atom. The molecule has 3 N–H and O–H groups in total. The summed E-state index contributed by atoms with van der Waals surface area (Å²) in [6, 6.07) is 10.7. The molecule has 0 spiro atoms. The Morgan fingerprint density at radius 3 is 2.77 bits per heavy atom. The molecule has 6 nitrogen and oxygen atoms in total. The molecule has 0 bridgehead atoms. The molecule has 1 aliphatic carbocycles. The SMILES string of the molecule is O=C(Nc1ccc(F)c(Cl)c1)N(CCCO)C1CCCc2[nH]c(=O)c3ccccc3c21. The van der Waals surface area contributed by atoms with Gasteiger partial charge in [-0.3, -0.25) is 4.79 Å². The fourth-order valence-corrected chi connectivity index (χ4v) is 4.45. The number of benzene rings is 2. The maximum Gasteiger partial charge on any atom is 0.322 e. The van der Waals surface area contributed by atoms with Gasteiger partial charge in [-0.2, -0.15) is 0 Å². The average Bonchev–Trinajstić information content (AvgIpc) is 2.76. The minimum absolute atomic E-state index is 0.0574. The Bertz CT molecular complexity index is 1180. The van der Waals surface area contributed by atoms with Gasteiger partial charge < -0.3 is 20.3 Å². The Morgan fingerprint density at radius 2 is 2.03 bits per heavy atom. The lowest BCUT2D eigenvalue weighted by Gasteiger charge is -2.36. The number of amides is 2. The predicted molar refractivity (Wildman–Crippen MR) is 119 cm³/mol. The topological polar surface area (TPSA) is 85.4 Å². The van der Waals surface area contributed by atoms with E-state index in [1.54, 1.807) is 11.0 Å². The van der Waals surface area contributed by atoms with Crippen molar-refractivity contribution in [2.45, 2.75) is 31.7 Å². The quantitative estimate of drug-likeness (QED) is 0.538. The van der Waals surface area contributed by atoms with Crippen LogP contribution in [0.15, 0.2) is 47.3 Å². The van der Waals surface area contributed by atoms with Gasteiger partial charge in [-0.05, 0) is 55.3 Å². The highest BCUT2D eigenvalue weighted by molar-refractivity contribution is 6.31. The molecule has 0 saturated carbocycles. The van der Waals surface area contributed by atoms with E-state index in [4.69, 9.17) is 11.6 Å². The number of aryl methyl sites for hydroxylation is 1. The van der Waals surface area contributed by atoms with E-state index in [-0.39, 0.29) is 29.3 Å². The van der Waals surface area contributed by atoms with Gasteiger partial charge in [0, 0.05) is 35.5 Å². The number of aliphatic hydroxyl groups excluding tert-OH is 1. The van der Waals surface area contributed by atoms with E-state index in [0.717, 1.165) is 35.9 Å². The third kappa shape index (κ3) is 4.29. The third-order valence-electron chi connectivity index (χ3n) is 5.65. The maximum atomic E-state index is 13.5. The zero-order valence-corrected chi connectivity index (χ0v) is 17.6. The minimum Gasteiger partial charge on any atom is -0.396 e. The van der Waals surface area contributed by atoms with Crippen LogP contribution in [0.3, 0.4) is 0 Å². The number of aromatic nitrogens is 1. The number of hydrogen-bond acceptors (Lipinski definition) is 3. The van der Waals surface area contributed by atoms with E-state index in [1.165, 1.54) is 18.2 Å². The lowest BCUT2D eigenvalue weighted by Crippen LogP contribution is -2.41. The summed E-state index contributed by atoms with van der Waals surface area (Å²) in [6.45, 7) is 0.271. The predicted octanol–water partition coefficient (Wildman–Crippen LogP) is 4.61. The van der Waals surface area contributed by atoms with Crippen molar-refractivity contribution < 1.29 is 14.3 Å². The Kier molecular flexibility index (Phi) is 6.25. The smallest absolute Gasteiger partial charge is 0.322 e. The number of aliphatic hydroxyl groups is 1. The molecular formula is C23H23ClFN3O3. The number of nitrogens with zero attached hydrogens (tertiary/aromatic N) is 1. The van der Waals surface area contributed by atoms with Crippen LogP contribution in [0.5, 0.6) is 0 Å². The highest BCUT2D eigenvalue weighted by Crippen LogP contribution is 2.37. The first-order valence-corrected chi connectivity index (χ1v) is 10.6. The van der Waals surface area contributed by atoms with E-state index >= 15 is 0 Å². The normalized spacial score (nSPS) is 15.5. The number of nitrogens with one attached hydrogen (secondary N) is 2. The average molecular weight is 444 g/mol. The number of carbonyl (C=O) groups is 1. The molecule has 0 saturated heterocycles. The summed E-state index contributed by atoms with van der Waals surface area (Å²) in [5, 5.41) is 13.5. The molecule has 0 radical (unpaired) electrons. The van der Waals surface area contributed by atoms with Crippen molar-refractivity contribution in [3.05, 3.63) is 74.9 Å². The van der Waals surface area contributed by atoms with Crippen LogP contribution in [0.1, 0.15) is 36.6 Å². The Hall–Kier alpha value is -2.90. The number of rotatable bonds is 5. The molecule has 0 aliphatic heterocycles. The standard InChI is InChI=1S/C23H23ClFN3O3/c24-17-13-14(9-10-18(17)25)26-23(31)28(11-4-12-29)20-8-3-7-19-21(20)15-5-1-2-6-16(15)22(30)27-19/h1-2,5-6,9-10,13,20,29H,3-4,7-8,11-12H2,(H,26,31)(H,27,30). The largest absolute Gasteiger partial charge is 0.396 e. The van der Waals surface area contributed by atoms with Gasteiger partial charge in [-0.15, -0.1) is 0 Å². The van der Waals surface area contributed by atoms with Gasteiger partial charge in [-0.25, -0.2) is 9.18 Å². The highest BCUT2D eigenvalue weighted by atomic mass is 35.5. The Labute approximate surface area is 183 Å². The van der Waals surface area contributed by atoms with Crippen molar-refractivity contribution in [1.29, 1.82) is 0 Å². The summed E-state index contributed by atoms with van der Waals surface area (Å²) < 4.78 is 13.5. The van der Waals surface area contributed by atoms with Crippen LogP contribution >= 0.6 is 11.6 Å². The van der Waals surface area contributed by atoms with Crippen LogP contribution in [0.4, 0.5) is 14.9 Å². The third-order valence-corrected chi connectivity index (χ3v) is 5.94. The second-order valence-corrected chi connectivity index (χ2v) is 8.04. The van der Waals surface area contributed by atoms with Crippen molar-refractivity contribution in [1.82, 2.24) is 9.88 Å². The second-order valence-electron chi connectivity index (χ2n) is 7.63. The van der Waals surface area contributed by atoms with Gasteiger partial charge in [0.15, 0.2) is 0 Å². The lowest BCUT2D eigenvalue weighted by atomic mass is 9.86. The van der Waals surface area contributed by atoms with Gasteiger partial charge in [0.05, 0.1) is 11.1 Å². The summed E-state index contributed by atoms with van der Waals surface area (Å²) in [5.74, 6) is -0.562.